The van der Waals surface area contributed by atoms with E-state index in [1.807, 2.05) is 29.6 Å². The molecule has 386 valence electrons. The lowest BCUT2D eigenvalue weighted by molar-refractivity contribution is -0.142. The minimum atomic E-state index is -1.49. The summed E-state index contributed by atoms with van der Waals surface area (Å²) in [5, 5.41) is 16.0. The second-order valence-electron chi connectivity index (χ2n) is 17.2. The Labute approximate surface area is 417 Å². The first-order valence-corrected chi connectivity index (χ1v) is 24.1. The van der Waals surface area contributed by atoms with Crippen LogP contribution >= 0.6 is 11.3 Å². The molecular weight excluding hydrogens is 954 g/mol. The second kappa shape index (κ2) is 26.8. The van der Waals surface area contributed by atoms with Crippen LogP contribution in [0.15, 0.2) is 82.2 Å². The lowest BCUT2D eigenvalue weighted by atomic mass is 10.0. The number of aromatic amines is 1. The van der Waals surface area contributed by atoms with Crippen molar-refractivity contribution in [3.8, 4) is 0 Å². The van der Waals surface area contributed by atoms with Crippen molar-refractivity contribution in [1.82, 2.24) is 36.5 Å². The number of carbonyl (C=O) groups excluding carboxylic acids is 8. The van der Waals surface area contributed by atoms with Gasteiger partial charge in [-0.05, 0) is 79.3 Å². The van der Waals surface area contributed by atoms with Gasteiger partial charge in [0.1, 0.15) is 42.1 Å². The number of H-pyrrole nitrogens is 1. The van der Waals surface area contributed by atoms with Gasteiger partial charge in [0.25, 0.3) is 0 Å². The summed E-state index contributed by atoms with van der Waals surface area (Å²) in [7, 11) is 0. The number of aliphatic imine (C=N–C) groups is 2. The van der Waals surface area contributed by atoms with Gasteiger partial charge >= 0.3 is 0 Å². The van der Waals surface area contributed by atoms with Gasteiger partial charge in [0.05, 0.1) is 12.8 Å². The van der Waals surface area contributed by atoms with Crippen molar-refractivity contribution >= 4 is 81.4 Å². The number of aromatic nitrogens is 1. The average molecular weight is 1020 g/mol. The van der Waals surface area contributed by atoms with E-state index in [9.17, 15) is 42.7 Å². The van der Waals surface area contributed by atoms with Crippen LogP contribution < -0.4 is 61.0 Å². The lowest BCUT2D eigenvalue weighted by Crippen LogP contribution is -2.60. The Balaban J connectivity index is 1.41. The van der Waals surface area contributed by atoms with Crippen molar-refractivity contribution in [1.29, 1.82) is 0 Å². The van der Waals surface area contributed by atoms with Crippen LogP contribution in [0.5, 0.6) is 0 Å². The van der Waals surface area contributed by atoms with Crippen molar-refractivity contribution in [3.63, 3.8) is 0 Å². The fourth-order valence-electron chi connectivity index (χ4n) is 8.20. The number of nitrogens with zero attached hydrogens (tertiary/aromatic N) is 3. The summed E-state index contributed by atoms with van der Waals surface area (Å²) in [6.07, 6.45) is 1.59. The third-order valence-corrected chi connectivity index (χ3v) is 12.5. The van der Waals surface area contributed by atoms with Gasteiger partial charge in [-0.1, -0.05) is 36.4 Å². The van der Waals surface area contributed by atoms with Crippen molar-refractivity contribution in [3.05, 3.63) is 94.1 Å². The zero-order chi connectivity index (χ0) is 52.3. The second-order valence-corrected chi connectivity index (χ2v) is 18.2. The molecule has 4 aromatic rings. The lowest BCUT2D eigenvalue weighted by Gasteiger charge is -2.31. The molecule has 2 aromatic heterocycles. The Morgan fingerprint density at radius 2 is 1.36 bits per heavy atom. The first-order chi connectivity index (χ1) is 34.4. The monoisotopic (exact) mass is 1020 g/mol. The summed E-state index contributed by atoms with van der Waals surface area (Å²) in [5.74, 6) is -7.35. The molecule has 2 aromatic carbocycles. The molecule has 0 unspecified atom stereocenters. The SMILES string of the molecule is NC(=O)C[C@H](NC(=O)[C@H](CCCN=C(N)N)NC(=O)[C@@H]1CCCN1C(=O)[C@H](CCCN=C(N)N)NC(=O)[C@H](Cc1cccc(F)c1)NC(=O)[C@H](Cc1c[nH]c2ccccc12)NC(=O)Cc1cccs1)C(N)=O. The number of halogens is 1. The number of thiophene rings is 1. The average Bonchev–Trinajstić information content (AvgIpc) is 4.12. The Bertz CT molecular complexity index is 2620. The molecule has 3 heterocycles. The maximum Gasteiger partial charge on any atom is 0.245 e. The molecule has 1 aliphatic rings. The van der Waals surface area contributed by atoms with Crippen LogP contribution in [-0.2, 0) is 57.6 Å². The predicted molar refractivity (Wildman–Crippen MR) is 267 cm³/mol. The highest BCUT2D eigenvalue weighted by Crippen LogP contribution is 2.22. The summed E-state index contributed by atoms with van der Waals surface area (Å²) in [6.45, 7) is 0.174. The number of primary amides is 2. The summed E-state index contributed by atoms with van der Waals surface area (Å²) in [6, 6.07) is 8.44. The molecule has 1 fully saturated rings. The molecule has 23 nitrogen and oxygen atoms in total. The minimum Gasteiger partial charge on any atom is -0.370 e. The van der Waals surface area contributed by atoms with E-state index in [0.717, 1.165) is 15.8 Å². The molecule has 8 amide bonds. The highest BCUT2D eigenvalue weighted by atomic mass is 32.1. The Kier molecular flexibility index (Phi) is 20.4. The number of para-hydroxylation sites is 1. The van der Waals surface area contributed by atoms with E-state index in [4.69, 9.17) is 34.4 Å². The van der Waals surface area contributed by atoms with Crippen molar-refractivity contribution in [2.24, 2.45) is 44.4 Å². The summed E-state index contributed by atoms with van der Waals surface area (Å²) in [5.41, 5.74) is 34.5. The zero-order valence-electron chi connectivity index (χ0n) is 39.4. The van der Waals surface area contributed by atoms with Crippen LogP contribution in [0.25, 0.3) is 10.9 Å². The molecule has 0 radical (unpaired) electrons. The third-order valence-electron chi connectivity index (χ3n) is 11.7. The molecule has 6 atom stereocenters. The van der Waals surface area contributed by atoms with Crippen molar-refractivity contribution < 1.29 is 42.7 Å². The topological polar surface area (TPSA) is 397 Å². The van der Waals surface area contributed by atoms with Gasteiger partial charge in [-0.25, -0.2) is 4.39 Å². The van der Waals surface area contributed by atoms with Crippen LogP contribution in [0.3, 0.4) is 0 Å². The van der Waals surface area contributed by atoms with Gasteiger partial charge < -0.3 is 70.9 Å². The van der Waals surface area contributed by atoms with Crippen LogP contribution in [-0.4, -0.2) is 125 Å². The van der Waals surface area contributed by atoms with E-state index in [1.54, 1.807) is 24.4 Å². The number of hydrogen-bond donors (Lipinski definition) is 12. The van der Waals surface area contributed by atoms with Gasteiger partial charge in [0.15, 0.2) is 11.9 Å². The predicted octanol–water partition coefficient (Wildman–Crippen LogP) is -1.72. The van der Waals surface area contributed by atoms with Gasteiger partial charge in [0, 0.05) is 54.5 Å². The summed E-state index contributed by atoms with van der Waals surface area (Å²) in [4.78, 5) is 122. The fraction of sp³-hybridized carbons (Fsp3) is 0.404. The highest BCUT2D eigenvalue weighted by molar-refractivity contribution is 7.10. The molecular formula is C47H62FN15O8S. The number of hydrogen-bond acceptors (Lipinski definition) is 11. The number of nitrogens with two attached hydrogens (primary N) is 6. The van der Waals surface area contributed by atoms with Gasteiger partial charge in [0.2, 0.25) is 47.3 Å². The van der Waals surface area contributed by atoms with Gasteiger partial charge in [-0.15, -0.1) is 11.3 Å². The van der Waals surface area contributed by atoms with E-state index in [-0.39, 0.29) is 82.9 Å². The van der Waals surface area contributed by atoms with Crippen LogP contribution in [0.2, 0.25) is 0 Å². The first kappa shape index (κ1) is 54.8. The van der Waals surface area contributed by atoms with E-state index >= 15 is 0 Å². The normalized spacial score (nSPS) is 15.2. The van der Waals surface area contributed by atoms with E-state index in [2.05, 4.69) is 41.6 Å². The van der Waals surface area contributed by atoms with Gasteiger partial charge in [-0.2, -0.15) is 0 Å². The van der Waals surface area contributed by atoms with E-state index in [0.29, 0.717) is 17.5 Å². The molecule has 0 saturated carbocycles. The van der Waals surface area contributed by atoms with Crippen molar-refractivity contribution in [2.75, 3.05) is 19.6 Å². The highest BCUT2D eigenvalue weighted by Gasteiger charge is 2.40. The quantitative estimate of drug-likeness (QED) is 0.0180. The number of amides is 8. The Hall–Kier alpha value is -8.09. The molecule has 5 rings (SSSR count). The number of carbonyl (C=O) groups is 8. The minimum absolute atomic E-state index is 0.0122. The molecule has 0 aliphatic carbocycles. The largest absolute Gasteiger partial charge is 0.370 e. The van der Waals surface area contributed by atoms with Crippen LogP contribution in [0.4, 0.5) is 4.39 Å². The molecule has 0 bridgehead atoms. The molecule has 0 spiro atoms. The van der Waals surface area contributed by atoms with Crippen LogP contribution in [0, 0.1) is 5.82 Å². The van der Waals surface area contributed by atoms with Crippen molar-refractivity contribution in [2.45, 2.75) is 100 Å². The third kappa shape index (κ3) is 16.8. The number of likely N-dealkylation sites (tertiary alicyclic amines) is 1. The van der Waals surface area contributed by atoms with Crippen LogP contribution in [0.1, 0.15) is 60.9 Å². The number of benzene rings is 2. The number of rotatable bonds is 27. The Morgan fingerprint density at radius 1 is 0.722 bits per heavy atom. The molecule has 18 N–H and O–H groups in total. The number of guanidine groups is 2. The first-order valence-electron chi connectivity index (χ1n) is 23.2. The fourth-order valence-corrected chi connectivity index (χ4v) is 8.90. The molecule has 72 heavy (non-hydrogen) atoms. The summed E-state index contributed by atoms with van der Waals surface area (Å²) < 4.78 is 14.6. The standard InChI is InChI=1S/C47H62FN15O8S/c48-28-9-3-8-26(20-28)21-35(62-43(69)36(58-39(65)23-29-10-7-19-72-29)22-27-25-57-31-12-2-1-11-30(27)31)42(68)60-33(14-5-17-56-47(53)54)45(71)63-18-6-15-37(63)44(70)59-32(13-4-16-55-46(51)52)41(67)61-34(40(50)66)24-38(49)64/h1-3,7-12,19-20,25,32-37,57H,4-6,13-18,21-24H2,(H2,49,64)(H2,50,66)(H,58,65)(H,59,70)(H,60,68)(H,61,67)(H,62,69)(H4,51,52,55)(H4,53,54,56)/t32-,33-,34-,35-,36-,37-/m0/s1. The smallest absolute Gasteiger partial charge is 0.245 e. The maximum absolute atomic E-state index is 14.7. The van der Waals surface area contributed by atoms with E-state index < -0.39 is 95.7 Å². The summed E-state index contributed by atoms with van der Waals surface area (Å²) >= 11 is 1.37. The number of nitrogens with one attached hydrogen (secondary N) is 6. The molecule has 25 heteroatoms. The zero-order valence-corrected chi connectivity index (χ0v) is 40.3. The molecule has 1 saturated heterocycles. The molecule has 1 aliphatic heterocycles. The number of fused-ring (bicyclic) bond motifs is 1. The maximum atomic E-state index is 14.7. The van der Waals surface area contributed by atoms with Gasteiger partial charge in [-0.3, -0.25) is 48.3 Å². The van der Waals surface area contributed by atoms with E-state index in [1.165, 1.54) is 34.4 Å². The Morgan fingerprint density at radius 3 is 2.00 bits per heavy atom.